The van der Waals surface area contributed by atoms with E-state index in [2.05, 4.69) is 6.08 Å². The average Bonchev–Trinajstić information content (AvgIpc) is 2.68. The molecule has 0 N–H and O–H groups in total. The molecule has 1 aromatic carbocycles. The van der Waals surface area contributed by atoms with Crippen LogP contribution in [0.1, 0.15) is 19.3 Å². The Morgan fingerprint density at radius 1 is 1.15 bits per heavy atom. The molecule has 3 rings (SSSR count). The Bertz CT molecular complexity index is 829. The van der Waals surface area contributed by atoms with Crippen molar-refractivity contribution in [1.82, 2.24) is 9.21 Å². The van der Waals surface area contributed by atoms with Crippen LogP contribution >= 0.6 is 0 Å². The van der Waals surface area contributed by atoms with E-state index in [4.69, 9.17) is 0 Å². The molecule has 1 unspecified atom stereocenters. The highest BCUT2D eigenvalue weighted by atomic mass is 32.2. The van der Waals surface area contributed by atoms with Crippen LogP contribution in [0, 0.1) is 16.0 Å². The molecular weight excluding hydrogens is 358 g/mol. The first-order valence-corrected chi connectivity index (χ1v) is 10.0. The van der Waals surface area contributed by atoms with E-state index >= 15 is 0 Å². The third kappa shape index (κ3) is 3.78. The van der Waals surface area contributed by atoms with Crippen molar-refractivity contribution in [2.75, 3.05) is 26.2 Å². The number of hydrogen-bond donors (Lipinski definition) is 0. The van der Waals surface area contributed by atoms with Gasteiger partial charge in [0.1, 0.15) is 0 Å². The molecule has 1 saturated heterocycles. The highest BCUT2D eigenvalue weighted by Crippen LogP contribution is 2.24. The van der Waals surface area contributed by atoms with Crippen molar-refractivity contribution in [1.29, 1.82) is 0 Å². The molecule has 140 valence electrons. The lowest BCUT2D eigenvalue weighted by Crippen LogP contribution is -2.51. The SMILES string of the molecule is O=C(C1CC=CCC1)N1CCN(S(=O)(=O)c2cccc([N+](=O)[O-])c2)CC1. The molecule has 1 fully saturated rings. The molecule has 1 heterocycles. The molecule has 0 radical (unpaired) electrons. The zero-order valence-electron chi connectivity index (χ0n) is 14.3. The summed E-state index contributed by atoms with van der Waals surface area (Å²) in [6, 6.07) is 5.05. The first-order valence-electron chi connectivity index (χ1n) is 8.58. The lowest BCUT2D eigenvalue weighted by atomic mass is 9.93. The molecule has 0 aromatic heterocycles. The molecule has 1 amide bonds. The van der Waals surface area contributed by atoms with Gasteiger partial charge in [0.2, 0.25) is 15.9 Å². The topological polar surface area (TPSA) is 101 Å². The van der Waals surface area contributed by atoms with Gasteiger partial charge in [-0.1, -0.05) is 18.2 Å². The zero-order chi connectivity index (χ0) is 18.7. The number of piperazine rings is 1. The second-order valence-corrected chi connectivity index (χ2v) is 8.40. The third-order valence-electron chi connectivity index (χ3n) is 4.83. The molecule has 26 heavy (non-hydrogen) atoms. The van der Waals surface area contributed by atoms with Gasteiger partial charge in [-0.15, -0.1) is 0 Å². The number of hydrogen-bond acceptors (Lipinski definition) is 5. The number of benzene rings is 1. The Morgan fingerprint density at radius 3 is 2.50 bits per heavy atom. The maximum atomic E-state index is 12.7. The Morgan fingerprint density at radius 2 is 1.88 bits per heavy atom. The van der Waals surface area contributed by atoms with E-state index in [0.29, 0.717) is 13.1 Å². The molecule has 1 aromatic rings. The van der Waals surface area contributed by atoms with Gasteiger partial charge in [-0.25, -0.2) is 8.42 Å². The van der Waals surface area contributed by atoms with Crippen molar-refractivity contribution in [2.45, 2.75) is 24.2 Å². The molecule has 2 aliphatic rings. The van der Waals surface area contributed by atoms with Crippen LogP contribution in [0.5, 0.6) is 0 Å². The predicted molar refractivity (Wildman–Crippen MR) is 94.9 cm³/mol. The molecule has 9 heteroatoms. The van der Waals surface area contributed by atoms with Crippen LogP contribution in [0.2, 0.25) is 0 Å². The number of carbonyl (C=O) groups is 1. The van der Waals surface area contributed by atoms with Crippen molar-refractivity contribution < 1.29 is 18.1 Å². The average molecular weight is 379 g/mol. The third-order valence-corrected chi connectivity index (χ3v) is 6.73. The highest BCUT2D eigenvalue weighted by Gasteiger charge is 2.32. The van der Waals surface area contributed by atoms with Crippen molar-refractivity contribution in [3.8, 4) is 0 Å². The maximum Gasteiger partial charge on any atom is 0.270 e. The minimum Gasteiger partial charge on any atom is -0.340 e. The van der Waals surface area contributed by atoms with E-state index in [1.165, 1.54) is 22.5 Å². The largest absolute Gasteiger partial charge is 0.340 e. The lowest BCUT2D eigenvalue weighted by molar-refractivity contribution is -0.385. The van der Waals surface area contributed by atoms with Crippen LogP contribution in [0.25, 0.3) is 0 Å². The Labute approximate surface area is 152 Å². The van der Waals surface area contributed by atoms with Crippen molar-refractivity contribution in [3.63, 3.8) is 0 Å². The number of sulfonamides is 1. The summed E-state index contributed by atoms with van der Waals surface area (Å²) in [5.41, 5.74) is -0.259. The summed E-state index contributed by atoms with van der Waals surface area (Å²) in [5, 5.41) is 10.9. The van der Waals surface area contributed by atoms with E-state index in [1.807, 2.05) is 6.08 Å². The minimum atomic E-state index is -3.81. The molecule has 0 bridgehead atoms. The number of carbonyl (C=O) groups excluding carboxylic acids is 1. The van der Waals surface area contributed by atoms with Gasteiger partial charge < -0.3 is 4.90 Å². The number of nitro groups is 1. The van der Waals surface area contributed by atoms with Crippen LogP contribution in [-0.4, -0.2) is 54.6 Å². The van der Waals surface area contributed by atoms with E-state index in [-0.39, 0.29) is 35.5 Å². The normalized spacial score (nSPS) is 21.5. The summed E-state index contributed by atoms with van der Waals surface area (Å²) in [7, 11) is -3.81. The fourth-order valence-corrected chi connectivity index (χ4v) is 4.79. The first kappa shape index (κ1) is 18.5. The highest BCUT2D eigenvalue weighted by molar-refractivity contribution is 7.89. The van der Waals surface area contributed by atoms with Gasteiger partial charge in [-0.2, -0.15) is 4.31 Å². The van der Waals surface area contributed by atoms with Crippen LogP contribution in [0.15, 0.2) is 41.3 Å². The molecule has 8 nitrogen and oxygen atoms in total. The zero-order valence-corrected chi connectivity index (χ0v) is 15.1. The van der Waals surface area contributed by atoms with Gasteiger partial charge in [-0.3, -0.25) is 14.9 Å². The summed E-state index contributed by atoms with van der Waals surface area (Å²) >= 11 is 0. The lowest BCUT2D eigenvalue weighted by Gasteiger charge is -2.36. The Kier molecular flexibility index (Phi) is 5.38. The van der Waals surface area contributed by atoms with Crippen molar-refractivity contribution in [3.05, 3.63) is 46.5 Å². The number of nitro benzene ring substituents is 1. The Hall–Kier alpha value is -2.26. The van der Waals surface area contributed by atoms with Gasteiger partial charge >= 0.3 is 0 Å². The van der Waals surface area contributed by atoms with Gasteiger partial charge in [0, 0.05) is 44.2 Å². The van der Waals surface area contributed by atoms with E-state index < -0.39 is 14.9 Å². The van der Waals surface area contributed by atoms with E-state index in [0.717, 1.165) is 25.3 Å². The number of nitrogens with zero attached hydrogens (tertiary/aromatic N) is 3. The fourth-order valence-electron chi connectivity index (χ4n) is 3.33. The molecule has 1 atom stereocenters. The summed E-state index contributed by atoms with van der Waals surface area (Å²) in [6.45, 7) is 1.07. The van der Waals surface area contributed by atoms with Crippen LogP contribution in [0.4, 0.5) is 5.69 Å². The number of rotatable bonds is 4. The number of non-ortho nitro benzene ring substituents is 1. The smallest absolute Gasteiger partial charge is 0.270 e. The van der Waals surface area contributed by atoms with Gasteiger partial charge in [0.15, 0.2) is 0 Å². The summed E-state index contributed by atoms with van der Waals surface area (Å²) in [5.74, 6) is 0.0710. The summed E-state index contributed by atoms with van der Waals surface area (Å²) < 4.78 is 26.8. The minimum absolute atomic E-state index is 0.0140. The Balaban J connectivity index is 1.67. The van der Waals surface area contributed by atoms with Crippen molar-refractivity contribution in [2.24, 2.45) is 5.92 Å². The molecule has 0 saturated carbocycles. The van der Waals surface area contributed by atoms with Gasteiger partial charge in [-0.05, 0) is 25.3 Å². The van der Waals surface area contributed by atoms with Crippen molar-refractivity contribution >= 4 is 21.6 Å². The first-order chi connectivity index (χ1) is 12.4. The summed E-state index contributed by atoms with van der Waals surface area (Å²) in [6.07, 6.45) is 6.58. The monoisotopic (exact) mass is 379 g/mol. The quantitative estimate of drug-likeness (QED) is 0.451. The van der Waals surface area contributed by atoms with Gasteiger partial charge in [0.25, 0.3) is 5.69 Å². The fraction of sp³-hybridized carbons (Fsp3) is 0.471. The van der Waals surface area contributed by atoms with E-state index in [1.54, 1.807) is 4.90 Å². The number of amides is 1. The molecule has 1 aliphatic heterocycles. The maximum absolute atomic E-state index is 12.7. The van der Waals surface area contributed by atoms with Crippen LogP contribution in [-0.2, 0) is 14.8 Å². The van der Waals surface area contributed by atoms with Gasteiger partial charge in [0.05, 0.1) is 9.82 Å². The van der Waals surface area contributed by atoms with Crippen LogP contribution < -0.4 is 0 Å². The van der Waals surface area contributed by atoms with Crippen LogP contribution in [0.3, 0.4) is 0 Å². The molecular formula is C17H21N3O5S. The second kappa shape index (κ2) is 7.55. The molecule has 1 aliphatic carbocycles. The summed E-state index contributed by atoms with van der Waals surface area (Å²) in [4.78, 5) is 24.4. The predicted octanol–water partition coefficient (Wildman–Crippen LogP) is 1.78. The number of allylic oxidation sites excluding steroid dienone is 2. The van der Waals surface area contributed by atoms with E-state index in [9.17, 15) is 23.3 Å². The second-order valence-electron chi connectivity index (χ2n) is 6.47. The molecule has 0 spiro atoms. The standard InChI is InChI=1S/C17H21N3O5S/c21-17(14-5-2-1-3-6-14)18-9-11-19(12-10-18)26(24,25)16-8-4-7-15(13-16)20(22)23/h1-2,4,7-8,13-14H,3,5-6,9-12H2.